The largest absolute Gasteiger partial charge is 0.476 e. The number of carboxylic acids is 1. The van der Waals surface area contributed by atoms with Gasteiger partial charge in [0.15, 0.2) is 5.69 Å². The number of aromatic carboxylic acids is 1. The lowest BCUT2D eigenvalue weighted by molar-refractivity contribution is 0.0693. The van der Waals surface area contributed by atoms with E-state index in [1.807, 2.05) is 11.4 Å². The Bertz CT molecular complexity index is 509. The first-order chi connectivity index (χ1) is 7.24. The average molecular weight is 224 g/mol. The van der Waals surface area contributed by atoms with Crippen LogP contribution in [0.5, 0.6) is 0 Å². The molecule has 0 bridgehead atoms. The van der Waals surface area contributed by atoms with Crippen molar-refractivity contribution in [2.75, 3.05) is 12.6 Å². The van der Waals surface area contributed by atoms with Crippen LogP contribution in [-0.2, 0) is 4.84 Å². The number of nitrogens with one attached hydrogen (secondary N) is 1. The summed E-state index contributed by atoms with van der Waals surface area (Å²) in [5.74, 6) is -1.02. The van der Waals surface area contributed by atoms with Gasteiger partial charge >= 0.3 is 5.97 Å². The Labute approximate surface area is 89.3 Å². The Balaban J connectivity index is 2.65. The molecule has 6 heteroatoms. The maximum absolute atomic E-state index is 10.9. The van der Waals surface area contributed by atoms with Crippen LogP contribution in [0.25, 0.3) is 10.1 Å². The number of fused-ring (bicyclic) bond motifs is 1. The molecule has 0 unspecified atom stereocenters. The summed E-state index contributed by atoms with van der Waals surface area (Å²) >= 11 is 1.34. The second-order valence-electron chi connectivity index (χ2n) is 2.80. The molecular weight excluding hydrogens is 216 g/mol. The van der Waals surface area contributed by atoms with Crippen LogP contribution in [0, 0.1) is 0 Å². The van der Waals surface area contributed by atoms with Gasteiger partial charge in [0, 0.05) is 5.39 Å². The zero-order valence-electron chi connectivity index (χ0n) is 7.85. The van der Waals surface area contributed by atoms with Crippen molar-refractivity contribution in [3.63, 3.8) is 0 Å². The zero-order chi connectivity index (χ0) is 10.8. The summed E-state index contributed by atoms with van der Waals surface area (Å²) in [6, 6.07) is 1.83. The molecular formula is C9H8N2O3S. The predicted molar refractivity (Wildman–Crippen MR) is 57.2 cm³/mol. The van der Waals surface area contributed by atoms with Crippen LogP contribution in [0.4, 0.5) is 5.69 Å². The van der Waals surface area contributed by atoms with E-state index in [0.29, 0.717) is 10.4 Å². The van der Waals surface area contributed by atoms with Crippen molar-refractivity contribution in [2.45, 2.75) is 0 Å². The van der Waals surface area contributed by atoms with E-state index in [2.05, 4.69) is 10.5 Å². The first-order valence-electron chi connectivity index (χ1n) is 4.12. The van der Waals surface area contributed by atoms with E-state index in [1.54, 1.807) is 0 Å². The smallest absolute Gasteiger partial charge is 0.355 e. The number of pyridine rings is 1. The monoisotopic (exact) mass is 224 g/mol. The molecule has 2 aromatic rings. The molecule has 0 radical (unpaired) electrons. The van der Waals surface area contributed by atoms with Gasteiger partial charge in [-0.25, -0.2) is 9.78 Å². The molecule has 5 nitrogen and oxygen atoms in total. The number of anilines is 1. The molecule has 0 saturated heterocycles. The van der Waals surface area contributed by atoms with Crippen LogP contribution >= 0.6 is 11.3 Å². The molecule has 0 aromatic carbocycles. The number of hydrogen-bond acceptors (Lipinski definition) is 5. The van der Waals surface area contributed by atoms with Crippen molar-refractivity contribution in [3.8, 4) is 0 Å². The third kappa shape index (κ3) is 1.64. The lowest BCUT2D eigenvalue weighted by Crippen LogP contribution is -2.03. The second kappa shape index (κ2) is 3.84. The molecule has 0 aliphatic carbocycles. The Morgan fingerprint density at radius 1 is 1.67 bits per heavy atom. The predicted octanol–water partition coefficient (Wildman–Crippen LogP) is 1.97. The van der Waals surface area contributed by atoms with Crippen molar-refractivity contribution in [3.05, 3.63) is 23.3 Å². The Kier molecular flexibility index (Phi) is 2.53. The number of rotatable bonds is 3. The second-order valence-corrected chi connectivity index (χ2v) is 3.71. The topological polar surface area (TPSA) is 71.5 Å². The molecule has 2 aromatic heterocycles. The summed E-state index contributed by atoms with van der Waals surface area (Å²) in [5, 5.41) is 11.5. The van der Waals surface area contributed by atoms with Crippen LogP contribution < -0.4 is 5.48 Å². The lowest BCUT2D eigenvalue weighted by atomic mass is 10.2. The molecule has 0 saturated carbocycles. The van der Waals surface area contributed by atoms with E-state index < -0.39 is 5.97 Å². The first kappa shape index (κ1) is 9.88. The first-order valence-corrected chi connectivity index (χ1v) is 5.00. The van der Waals surface area contributed by atoms with Crippen molar-refractivity contribution in [1.29, 1.82) is 0 Å². The summed E-state index contributed by atoms with van der Waals surface area (Å²) in [5.41, 5.74) is 3.39. The summed E-state index contributed by atoms with van der Waals surface area (Å²) in [6.07, 6.45) is 1.45. The molecule has 0 atom stereocenters. The minimum atomic E-state index is -1.02. The van der Waals surface area contributed by atoms with Gasteiger partial charge in [-0.1, -0.05) is 0 Å². The summed E-state index contributed by atoms with van der Waals surface area (Å²) in [6.45, 7) is 0. The van der Waals surface area contributed by atoms with E-state index >= 15 is 0 Å². The lowest BCUT2D eigenvalue weighted by Gasteiger charge is -2.05. The quantitative estimate of drug-likeness (QED) is 0.780. The van der Waals surface area contributed by atoms with Crippen LogP contribution in [0.3, 0.4) is 0 Å². The highest BCUT2D eigenvalue weighted by atomic mass is 32.1. The van der Waals surface area contributed by atoms with Gasteiger partial charge in [-0.15, -0.1) is 11.3 Å². The third-order valence-corrected chi connectivity index (χ3v) is 2.83. The standard InChI is InChI=1S/C9H8N2O3S/c1-14-11-6-4-10-7(9(12)13)8-5(6)2-3-15-8/h2-4,11H,1H3,(H,12,13). The minimum Gasteiger partial charge on any atom is -0.476 e. The van der Waals surface area contributed by atoms with Crippen molar-refractivity contribution in [2.24, 2.45) is 0 Å². The van der Waals surface area contributed by atoms with Crippen molar-refractivity contribution < 1.29 is 14.7 Å². The molecule has 15 heavy (non-hydrogen) atoms. The van der Waals surface area contributed by atoms with Crippen molar-refractivity contribution >= 4 is 33.1 Å². The average Bonchev–Trinajstić information content (AvgIpc) is 2.66. The van der Waals surface area contributed by atoms with E-state index in [1.165, 1.54) is 24.6 Å². The molecule has 0 amide bonds. The Morgan fingerprint density at radius 3 is 3.13 bits per heavy atom. The normalized spacial score (nSPS) is 10.5. The van der Waals surface area contributed by atoms with Gasteiger partial charge in [0.05, 0.1) is 23.7 Å². The van der Waals surface area contributed by atoms with Gasteiger partial charge in [0.25, 0.3) is 0 Å². The fourth-order valence-electron chi connectivity index (χ4n) is 1.31. The van der Waals surface area contributed by atoms with Gasteiger partial charge in [-0.05, 0) is 11.4 Å². The number of carbonyl (C=O) groups is 1. The van der Waals surface area contributed by atoms with E-state index in [4.69, 9.17) is 9.94 Å². The SMILES string of the molecule is CONc1cnc(C(=O)O)c2sccc12. The van der Waals surface area contributed by atoms with Crippen LogP contribution in [0.15, 0.2) is 17.6 Å². The number of aromatic nitrogens is 1. The van der Waals surface area contributed by atoms with E-state index in [0.717, 1.165) is 5.39 Å². The van der Waals surface area contributed by atoms with Gasteiger partial charge in [0.1, 0.15) is 0 Å². The van der Waals surface area contributed by atoms with Crippen LogP contribution in [0.2, 0.25) is 0 Å². The number of hydrogen-bond donors (Lipinski definition) is 2. The highest BCUT2D eigenvalue weighted by molar-refractivity contribution is 7.17. The van der Waals surface area contributed by atoms with Gasteiger partial charge in [0.2, 0.25) is 0 Å². The Morgan fingerprint density at radius 2 is 2.47 bits per heavy atom. The fourth-order valence-corrected chi connectivity index (χ4v) is 2.20. The van der Waals surface area contributed by atoms with Gasteiger partial charge < -0.3 is 5.11 Å². The van der Waals surface area contributed by atoms with Crippen molar-refractivity contribution in [1.82, 2.24) is 4.98 Å². The maximum atomic E-state index is 10.9. The van der Waals surface area contributed by atoms with Crippen LogP contribution in [0.1, 0.15) is 10.5 Å². The molecule has 0 spiro atoms. The van der Waals surface area contributed by atoms with E-state index in [-0.39, 0.29) is 5.69 Å². The molecule has 2 N–H and O–H groups in total. The molecule has 2 heterocycles. The Hall–Kier alpha value is -1.66. The van der Waals surface area contributed by atoms with Crippen LogP contribution in [-0.4, -0.2) is 23.2 Å². The van der Waals surface area contributed by atoms with Gasteiger partial charge in [-0.3, -0.25) is 10.3 Å². The summed E-state index contributed by atoms with van der Waals surface area (Å²) in [7, 11) is 1.49. The molecule has 0 aliphatic heterocycles. The minimum absolute atomic E-state index is 0.0710. The number of thiophene rings is 1. The fraction of sp³-hybridized carbons (Fsp3) is 0.111. The third-order valence-electron chi connectivity index (χ3n) is 1.91. The molecule has 0 aliphatic rings. The highest BCUT2D eigenvalue weighted by Crippen LogP contribution is 2.29. The molecule has 78 valence electrons. The zero-order valence-corrected chi connectivity index (χ0v) is 8.67. The highest BCUT2D eigenvalue weighted by Gasteiger charge is 2.13. The summed E-state index contributed by atoms with van der Waals surface area (Å²) < 4.78 is 0.643. The molecule has 2 rings (SSSR count). The van der Waals surface area contributed by atoms with Gasteiger partial charge in [-0.2, -0.15) is 0 Å². The van der Waals surface area contributed by atoms with E-state index in [9.17, 15) is 4.79 Å². The maximum Gasteiger partial charge on any atom is 0.355 e. The number of carboxylic acid groups (broad SMARTS) is 1. The summed E-state index contributed by atoms with van der Waals surface area (Å²) in [4.78, 5) is 19.5. The number of nitrogens with zero attached hydrogens (tertiary/aromatic N) is 1. The molecule has 0 fully saturated rings.